The molecule has 3 heterocycles. The molecule has 1 aliphatic heterocycles. The van der Waals surface area contributed by atoms with Gasteiger partial charge in [-0.1, -0.05) is 49.6 Å². The number of nitrogens with one attached hydrogen (secondary N) is 2. The van der Waals surface area contributed by atoms with Crippen LogP contribution in [0, 0.1) is 12.8 Å². The van der Waals surface area contributed by atoms with E-state index in [9.17, 15) is 0 Å². The van der Waals surface area contributed by atoms with Crippen molar-refractivity contribution < 1.29 is 4.74 Å². The average molecular weight is 494 g/mol. The van der Waals surface area contributed by atoms with Crippen LogP contribution >= 0.6 is 0 Å². The summed E-state index contributed by atoms with van der Waals surface area (Å²) in [5, 5.41) is 9.32. The second kappa shape index (κ2) is 10.9. The molecule has 6 rings (SSSR count). The molecule has 0 unspecified atom stereocenters. The molecule has 1 atom stereocenters. The monoisotopic (exact) mass is 493 g/mol. The van der Waals surface area contributed by atoms with Crippen molar-refractivity contribution in [2.75, 3.05) is 18.4 Å². The van der Waals surface area contributed by atoms with Gasteiger partial charge in [0.05, 0.1) is 11.3 Å². The second-order valence-electron chi connectivity index (χ2n) is 10.5. The molecule has 2 fully saturated rings. The van der Waals surface area contributed by atoms with Gasteiger partial charge in [0.1, 0.15) is 5.75 Å². The van der Waals surface area contributed by atoms with Crippen molar-refractivity contribution in [2.45, 2.75) is 57.9 Å². The molecule has 2 aromatic heterocycles. The first-order valence-corrected chi connectivity index (χ1v) is 13.7. The summed E-state index contributed by atoms with van der Waals surface area (Å²) in [5.41, 5.74) is 4.14. The molecule has 0 bridgehead atoms. The van der Waals surface area contributed by atoms with E-state index in [1.165, 1.54) is 36.6 Å². The Morgan fingerprint density at radius 3 is 2.78 bits per heavy atom. The Hall–Kier alpha value is -3.51. The SMILES string of the molecule is Cc1ccc2c(CCCC3CC3)cccc2c1Oc1ncccc1-c1ccnc(N[C@H]2CCCNC2)n1. The minimum atomic E-state index is 0.338. The normalized spacial score (nSPS) is 17.6. The van der Waals surface area contributed by atoms with Gasteiger partial charge >= 0.3 is 0 Å². The summed E-state index contributed by atoms with van der Waals surface area (Å²) in [6.07, 6.45) is 12.4. The molecular weight excluding hydrogens is 458 g/mol. The van der Waals surface area contributed by atoms with Crippen LogP contribution in [-0.2, 0) is 6.42 Å². The number of anilines is 1. The van der Waals surface area contributed by atoms with E-state index >= 15 is 0 Å². The average Bonchev–Trinajstić information content (AvgIpc) is 3.76. The molecule has 0 amide bonds. The number of ether oxygens (including phenoxy) is 1. The predicted octanol–water partition coefficient (Wildman–Crippen LogP) is 6.69. The summed E-state index contributed by atoms with van der Waals surface area (Å²) in [4.78, 5) is 13.9. The number of rotatable bonds is 9. The zero-order valence-electron chi connectivity index (χ0n) is 21.5. The molecule has 6 heteroatoms. The highest BCUT2D eigenvalue weighted by Crippen LogP contribution is 2.38. The quantitative estimate of drug-likeness (QED) is 0.271. The topological polar surface area (TPSA) is 72.0 Å². The smallest absolute Gasteiger partial charge is 0.228 e. The third-order valence-corrected chi connectivity index (χ3v) is 7.59. The Morgan fingerprint density at radius 1 is 0.973 bits per heavy atom. The maximum absolute atomic E-state index is 6.60. The fourth-order valence-corrected chi connectivity index (χ4v) is 5.35. The van der Waals surface area contributed by atoms with Gasteiger partial charge in [0.2, 0.25) is 11.8 Å². The van der Waals surface area contributed by atoms with Gasteiger partial charge in [0.25, 0.3) is 0 Å². The molecule has 2 aliphatic rings. The first-order valence-electron chi connectivity index (χ1n) is 13.7. The number of nitrogens with zero attached hydrogens (tertiary/aromatic N) is 3. The summed E-state index contributed by atoms with van der Waals surface area (Å²) in [6, 6.07) is 17.2. The zero-order valence-corrected chi connectivity index (χ0v) is 21.5. The molecule has 1 aliphatic carbocycles. The minimum Gasteiger partial charge on any atom is -0.437 e. The fourth-order valence-electron chi connectivity index (χ4n) is 5.35. The lowest BCUT2D eigenvalue weighted by atomic mass is 9.97. The molecule has 0 spiro atoms. The van der Waals surface area contributed by atoms with Crippen LogP contribution in [0.4, 0.5) is 5.95 Å². The lowest BCUT2D eigenvalue weighted by Gasteiger charge is -2.23. The lowest BCUT2D eigenvalue weighted by molar-refractivity contribution is 0.466. The van der Waals surface area contributed by atoms with Crippen molar-refractivity contribution in [3.05, 3.63) is 72.1 Å². The van der Waals surface area contributed by atoms with E-state index in [1.54, 1.807) is 12.4 Å². The molecular formula is C31H35N5O. The molecule has 2 aromatic carbocycles. The summed E-state index contributed by atoms with van der Waals surface area (Å²) in [6.45, 7) is 4.10. The van der Waals surface area contributed by atoms with Gasteiger partial charge in [-0.05, 0) is 79.8 Å². The first kappa shape index (κ1) is 23.9. The predicted molar refractivity (Wildman–Crippen MR) is 149 cm³/mol. The van der Waals surface area contributed by atoms with E-state index in [4.69, 9.17) is 9.72 Å². The van der Waals surface area contributed by atoms with Crippen molar-refractivity contribution >= 4 is 16.7 Å². The van der Waals surface area contributed by atoms with E-state index < -0.39 is 0 Å². The molecule has 1 saturated heterocycles. The number of pyridine rings is 1. The van der Waals surface area contributed by atoms with E-state index in [0.29, 0.717) is 17.9 Å². The van der Waals surface area contributed by atoms with Crippen molar-refractivity contribution in [3.8, 4) is 22.9 Å². The van der Waals surface area contributed by atoms with Crippen LogP contribution in [0.25, 0.3) is 22.0 Å². The molecule has 0 radical (unpaired) electrons. The van der Waals surface area contributed by atoms with Gasteiger partial charge in [-0.25, -0.2) is 15.0 Å². The van der Waals surface area contributed by atoms with Crippen LogP contribution in [-0.4, -0.2) is 34.1 Å². The second-order valence-corrected chi connectivity index (χ2v) is 10.5. The molecule has 190 valence electrons. The van der Waals surface area contributed by atoms with Crippen LogP contribution in [0.2, 0.25) is 0 Å². The summed E-state index contributed by atoms with van der Waals surface area (Å²) < 4.78 is 6.60. The molecule has 37 heavy (non-hydrogen) atoms. The maximum atomic E-state index is 6.60. The van der Waals surface area contributed by atoms with Crippen molar-refractivity contribution in [3.63, 3.8) is 0 Å². The highest BCUT2D eigenvalue weighted by atomic mass is 16.5. The number of benzene rings is 2. The largest absolute Gasteiger partial charge is 0.437 e. The van der Waals surface area contributed by atoms with Gasteiger partial charge in [-0.2, -0.15) is 0 Å². The highest BCUT2D eigenvalue weighted by molar-refractivity contribution is 5.92. The Bertz CT molecular complexity index is 1380. The Balaban J connectivity index is 1.29. The maximum Gasteiger partial charge on any atom is 0.228 e. The number of hydrogen-bond acceptors (Lipinski definition) is 6. The van der Waals surface area contributed by atoms with Crippen molar-refractivity contribution in [2.24, 2.45) is 5.92 Å². The summed E-state index contributed by atoms with van der Waals surface area (Å²) in [7, 11) is 0. The van der Waals surface area contributed by atoms with E-state index in [0.717, 1.165) is 66.2 Å². The molecule has 2 N–H and O–H groups in total. The number of hydrogen-bond donors (Lipinski definition) is 2. The summed E-state index contributed by atoms with van der Waals surface area (Å²) >= 11 is 0. The van der Waals surface area contributed by atoms with Crippen LogP contribution in [0.3, 0.4) is 0 Å². The molecule has 6 nitrogen and oxygen atoms in total. The van der Waals surface area contributed by atoms with Crippen molar-refractivity contribution in [1.29, 1.82) is 0 Å². The van der Waals surface area contributed by atoms with Crippen LogP contribution in [0.1, 0.15) is 49.7 Å². The fraction of sp³-hybridized carbons (Fsp3) is 0.387. The van der Waals surface area contributed by atoms with Crippen LogP contribution < -0.4 is 15.4 Å². The minimum absolute atomic E-state index is 0.338. The Labute approximate surface area is 218 Å². The highest BCUT2D eigenvalue weighted by Gasteiger charge is 2.21. The molecule has 1 saturated carbocycles. The third kappa shape index (κ3) is 5.59. The number of piperidine rings is 1. The van der Waals surface area contributed by atoms with Crippen molar-refractivity contribution in [1.82, 2.24) is 20.3 Å². The number of fused-ring (bicyclic) bond motifs is 1. The standard InChI is InChI=1S/C31H35N5O/c1-21-12-15-25-23(7-2-6-22-13-14-22)8-3-10-26(25)29(21)37-30-27(11-5-18-33-30)28-16-19-34-31(36-28)35-24-9-4-17-32-20-24/h3,5,8,10-12,15-16,18-19,22,24,32H,2,4,6-7,9,13-14,17,20H2,1H3,(H,34,35,36)/t24-/m0/s1. The number of aryl methyl sites for hydroxylation is 2. The number of aromatic nitrogens is 3. The lowest BCUT2D eigenvalue weighted by Crippen LogP contribution is -2.38. The van der Waals surface area contributed by atoms with Crippen LogP contribution in [0.15, 0.2) is 60.9 Å². The zero-order chi connectivity index (χ0) is 25.0. The summed E-state index contributed by atoms with van der Waals surface area (Å²) in [5.74, 6) is 3.03. The molecule has 4 aromatic rings. The van der Waals surface area contributed by atoms with Gasteiger partial charge in [0, 0.05) is 30.4 Å². The van der Waals surface area contributed by atoms with Gasteiger partial charge < -0.3 is 15.4 Å². The van der Waals surface area contributed by atoms with Gasteiger partial charge in [-0.3, -0.25) is 0 Å². The van der Waals surface area contributed by atoms with E-state index in [1.807, 2.05) is 18.2 Å². The van der Waals surface area contributed by atoms with Crippen LogP contribution in [0.5, 0.6) is 11.6 Å². The third-order valence-electron chi connectivity index (χ3n) is 7.59. The van der Waals surface area contributed by atoms with Gasteiger partial charge in [0.15, 0.2) is 0 Å². The van der Waals surface area contributed by atoms with Gasteiger partial charge in [-0.15, -0.1) is 0 Å². The Kier molecular flexibility index (Phi) is 7.00. The van der Waals surface area contributed by atoms with E-state index in [-0.39, 0.29) is 0 Å². The first-order chi connectivity index (χ1) is 18.2. The van der Waals surface area contributed by atoms with E-state index in [2.05, 4.69) is 57.9 Å². The Morgan fingerprint density at radius 2 is 1.92 bits per heavy atom.